The second kappa shape index (κ2) is 7.63. The molecule has 0 aliphatic heterocycles. The van der Waals surface area contributed by atoms with Gasteiger partial charge < -0.3 is 4.98 Å². The van der Waals surface area contributed by atoms with Gasteiger partial charge in [0.15, 0.2) is 0 Å². The number of hydrogen-bond donors (Lipinski definition) is 2. The van der Waals surface area contributed by atoms with Crippen molar-refractivity contribution in [1.29, 1.82) is 0 Å². The fourth-order valence-corrected chi connectivity index (χ4v) is 3.09. The second-order valence-electron chi connectivity index (χ2n) is 4.99. The minimum atomic E-state index is -0.550. The number of nitrogens with zero attached hydrogens (tertiary/aromatic N) is 2. The van der Waals surface area contributed by atoms with Gasteiger partial charge in [-0.1, -0.05) is 46.9 Å². The van der Waals surface area contributed by atoms with Gasteiger partial charge in [0.05, 0.1) is 26.5 Å². The van der Waals surface area contributed by atoms with E-state index in [9.17, 15) is 9.59 Å². The van der Waals surface area contributed by atoms with Crippen molar-refractivity contribution in [3.05, 3.63) is 77.7 Å². The molecule has 2 aromatic carbocycles. The number of aromatic nitrogens is 4. The molecule has 0 aliphatic carbocycles. The maximum Gasteiger partial charge on any atom is 0.326 e. The molecule has 0 fully saturated rings. The van der Waals surface area contributed by atoms with Crippen LogP contribution >= 0.6 is 46.4 Å². The zero-order valence-electron chi connectivity index (χ0n) is 12.7. The van der Waals surface area contributed by atoms with Gasteiger partial charge in [-0.15, -0.1) is 0 Å². The van der Waals surface area contributed by atoms with Crippen molar-refractivity contribution in [2.45, 2.75) is 0 Å². The Morgan fingerprint density at radius 2 is 1.42 bits per heavy atom. The van der Waals surface area contributed by atoms with Crippen molar-refractivity contribution in [3.8, 4) is 0 Å². The number of hydrogen-bond acceptors (Lipinski definition) is 4. The molecule has 0 saturated carbocycles. The van der Waals surface area contributed by atoms with Crippen LogP contribution in [0.1, 0.15) is 0 Å². The summed E-state index contributed by atoms with van der Waals surface area (Å²) in [6.07, 6.45) is 0. The van der Waals surface area contributed by atoms with Gasteiger partial charge in [0.25, 0.3) is 5.56 Å². The number of para-hydroxylation sites is 2. The summed E-state index contributed by atoms with van der Waals surface area (Å²) in [5, 5.41) is 2.39. The summed E-state index contributed by atoms with van der Waals surface area (Å²) in [4.78, 5) is 34.5. The van der Waals surface area contributed by atoms with Gasteiger partial charge in [-0.2, -0.15) is 0 Å². The number of aromatic amines is 2. The summed E-state index contributed by atoms with van der Waals surface area (Å²) in [6.45, 7) is 0. The van der Waals surface area contributed by atoms with Crippen LogP contribution in [0.25, 0.3) is 21.8 Å². The topological polar surface area (TPSA) is 91.5 Å². The van der Waals surface area contributed by atoms with E-state index >= 15 is 0 Å². The number of nitrogens with one attached hydrogen (secondary N) is 2. The van der Waals surface area contributed by atoms with Crippen LogP contribution in [0.2, 0.25) is 20.5 Å². The molecule has 0 aliphatic rings. The summed E-state index contributed by atoms with van der Waals surface area (Å²) >= 11 is 23.1. The predicted molar refractivity (Wildman–Crippen MR) is 105 cm³/mol. The largest absolute Gasteiger partial charge is 0.326 e. The SMILES string of the molecule is Clc1nc(Cl)c2cccc(Cl)c2n1.O=c1[nH]c(=O)c2cccc(Cl)c2[nH]1. The standard InChI is InChI=1S/C8H3Cl3N2.C8H5ClN2O2/c9-5-3-1-2-4-6(5)12-8(11)13-7(4)10;9-5-3-1-2-4-6(5)10-8(13)11-7(4)12/h1-3H;1-3H,(H2,10,11,12,13). The van der Waals surface area contributed by atoms with E-state index in [-0.39, 0.29) is 5.28 Å². The lowest BCUT2D eigenvalue weighted by atomic mass is 10.2. The summed E-state index contributed by atoms with van der Waals surface area (Å²) in [7, 11) is 0. The predicted octanol–water partition coefficient (Wildman–Crippen LogP) is 4.46. The molecule has 10 heteroatoms. The molecule has 0 atom stereocenters. The Morgan fingerprint density at radius 3 is 2.15 bits per heavy atom. The smallest absolute Gasteiger partial charge is 0.305 e. The third kappa shape index (κ3) is 3.83. The van der Waals surface area contributed by atoms with Crippen LogP contribution in [0.4, 0.5) is 0 Å². The Hall–Kier alpha value is -2.12. The van der Waals surface area contributed by atoms with Gasteiger partial charge in [-0.3, -0.25) is 9.78 Å². The first-order valence-corrected chi connectivity index (χ1v) is 8.56. The number of fused-ring (bicyclic) bond motifs is 2. The number of halogens is 4. The first-order valence-electron chi connectivity index (χ1n) is 7.05. The van der Waals surface area contributed by atoms with Gasteiger partial charge in [0.2, 0.25) is 5.28 Å². The van der Waals surface area contributed by atoms with E-state index in [2.05, 4.69) is 19.9 Å². The van der Waals surface area contributed by atoms with Gasteiger partial charge in [0, 0.05) is 5.39 Å². The molecule has 2 N–H and O–H groups in total. The molecule has 2 aromatic heterocycles. The minimum Gasteiger partial charge on any atom is -0.305 e. The van der Waals surface area contributed by atoms with E-state index in [4.69, 9.17) is 46.4 Å². The molecule has 0 spiro atoms. The molecule has 6 nitrogen and oxygen atoms in total. The van der Waals surface area contributed by atoms with Gasteiger partial charge in [-0.05, 0) is 35.9 Å². The van der Waals surface area contributed by atoms with Crippen LogP contribution in [0.15, 0.2) is 46.0 Å². The van der Waals surface area contributed by atoms with Crippen LogP contribution in [-0.4, -0.2) is 19.9 Å². The Bertz CT molecular complexity index is 1240. The Labute approximate surface area is 165 Å². The Kier molecular flexibility index (Phi) is 5.48. The summed E-state index contributed by atoms with van der Waals surface area (Å²) < 4.78 is 0. The maximum absolute atomic E-state index is 11.2. The normalized spacial score (nSPS) is 10.6. The van der Waals surface area contributed by atoms with Crippen molar-refractivity contribution in [1.82, 2.24) is 19.9 Å². The fourth-order valence-electron chi connectivity index (χ4n) is 2.21. The lowest BCUT2D eigenvalue weighted by molar-refractivity contribution is 1.08. The van der Waals surface area contributed by atoms with Crippen LogP contribution in [0.5, 0.6) is 0 Å². The summed E-state index contributed by atoms with van der Waals surface area (Å²) in [5.74, 6) is 0. The molecule has 0 bridgehead atoms. The summed E-state index contributed by atoms with van der Waals surface area (Å²) in [6, 6.07) is 10.2. The average molecular weight is 430 g/mol. The van der Waals surface area contributed by atoms with Crippen molar-refractivity contribution in [3.63, 3.8) is 0 Å². The lowest BCUT2D eigenvalue weighted by Gasteiger charge is -2.00. The van der Waals surface area contributed by atoms with E-state index in [0.29, 0.717) is 37.0 Å². The molecule has 132 valence electrons. The molecule has 26 heavy (non-hydrogen) atoms. The first kappa shape index (κ1) is 18.7. The Balaban J connectivity index is 0.000000151. The third-order valence-electron chi connectivity index (χ3n) is 3.33. The van der Waals surface area contributed by atoms with Crippen LogP contribution in [-0.2, 0) is 0 Å². The van der Waals surface area contributed by atoms with Gasteiger partial charge in [-0.25, -0.2) is 14.8 Å². The fraction of sp³-hybridized carbons (Fsp3) is 0. The lowest BCUT2D eigenvalue weighted by Crippen LogP contribution is -2.21. The second-order valence-corrected chi connectivity index (χ2v) is 6.50. The van der Waals surface area contributed by atoms with Gasteiger partial charge >= 0.3 is 5.69 Å². The van der Waals surface area contributed by atoms with Crippen LogP contribution in [0, 0.1) is 0 Å². The highest BCUT2D eigenvalue weighted by Crippen LogP contribution is 2.27. The maximum atomic E-state index is 11.2. The monoisotopic (exact) mass is 428 g/mol. The third-order valence-corrected chi connectivity index (χ3v) is 4.40. The summed E-state index contributed by atoms with van der Waals surface area (Å²) in [5.41, 5.74) is -0.0288. The molecule has 0 saturated heterocycles. The molecule has 0 radical (unpaired) electrons. The van der Waals surface area contributed by atoms with Crippen molar-refractivity contribution >= 4 is 68.2 Å². The van der Waals surface area contributed by atoms with Crippen molar-refractivity contribution < 1.29 is 0 Å². The van der Waals surface area contributed by atoms with E-state index < -0.39 is 11.2 Å². The molecule has 0 unspecified atom stereocenters. The molecular formula is C16H8Cl4N4O2. The zero-order chi connectivity index (χ0) is 18.8. The van der Waals surface area contributed by atoms with Crippen LogP contribution < -0.4 is 11.2 Å². The molecule has 4 aromatic rings. The molecule has 0 amide bonds. The zero-order valence-corrected chi connectivity index (χ0v) is 15.7. The number of rotatable bonds is 0. The van der Waals surface area contributed by atoms with E-state index in [0.717, 1.165) is 0 Å². The molecule has 4 rings (SSSR count). The van der Waals surface area contributed by atoms with E-state index in [1.807, 2.05) is 0 Å². The minimum absolute atomic E-state index is 0.102. The van der Waals surface area contributed by atoms with Crippen molar-refractivity contribution in [2.24, 2.45) is 0 Å². The molecular weight excluding hydrogens is 422 g/mol. The van der Waals surface area contributed by atoms with E-state index in [1.54, 1.807) is 36.4 Å². The highest BCUT2D eigenvalue weighted by molar-refractivity contribution is 6.39. The van der Waals surface area contributed by atoms with Gasteiger partial charge in [0.1, 0.15) is 5.15 Å². The average Bonchev–Trinajstić information content (AvgIpc) is 2.57. The number of H-pyrrole nitrogens is 2. The van der Waals surface area contributed by atoms with Crippen molar-refractivity contribution in [2.75, 3.05) is 0 Å². The highest BCUT2D eigenvalue weighted by atomic mass is 35.5. The first-order chi connectivity index (χ1) is 12.4. The van der Waals surface area contributed by atoms with Crippen LogP contribution in [0.3, 0.4) is 0 Å². The Morgan fingerprint density at radius 1 is 0.769 bits per heavy atom. The van der Waals surface area contributed by atoms with E-state index in [1.165, 1.54) is 0 Å². The highest BCUT2D eigenvalue weighted by Gasteiger charge is 2.06. The quantitative estimate of drug-likeness (QED) is 0.319. The number of benzene rings is 2. The molecule has 2 heterocycles.